The minimum absolute atomic E-state index is 0. The Hall–Kier alpha value is -1.22. The molecule has 2 aliphatic rings. The summed E-state index contributed by atoms with van der Waals surface area (Å²) in [5, 5.41) is 3.61. The Labute approximate surface area is 181 Å². The summed E-state index contributed by atoms with van der Waals surface area (Å²) in [6.07, 6.45) is 1.29. The molecule has 0 bridgehead atoms. The van der Waals surface area contributed by atoms with Crippen molar-refractivity contribution in [3.05, 3.63) is 24.3 Å². The molecule has 0 aromatic heterocycles. The Morgan fingerprint density at radius 2 is 1.85 bits per heavy atom. The van der Waals surface area contributed by atoms with Crippen LogP contribution in [0.25, 0.3) is 0 Å². The maximum atomic E-state index is 5.25. The van der Waals surface area contributed by atoms with Crippen LogP contribution >= 0.6 is 24.0 Å². The van der Waals surface area contributed by atoms with Crippen LogP contribution in [0.5, 0.6) is 5.75 Å². The lowest BCUT2D eigenvalue weighted by Crippen LogP contribution is -2.53. The molecule has 2 fully saturated rings. The van der Waals surface area contributed by atoms with Crippen LogP contribution in [0.4, 0.5) is 5.69 Å². The van der Waals surface area contributed by atoms with Crippen molar-refractivity contribution >= 4 is 35.6 Å². The number of nitrogens with zero attached hydrogens (tertiary/aromatic N) is 4. The number of rotatable bonds is 5. The molecule has 3 rings (SSSR count). The molecule has 1 unspecified atom stereocenters. The predicted octanol–water partition coefficient (Wildman–Crippen LogP) is 2.35. The van der Waals surface area contributed by atoms with E-state index in [9.17, 15) is 0 Å². The van der Waals surface area contributed by atoms with E-state index in [0.29, 0.717) is 0 Å². The van der Waals surface area contributed by atoms with Crippen LogP contribution in [0, 0.1) is 5.92 Å². The molecule has 7 heteroatoms. The van der Waals surface area contributed by atoms with Crippen molar-refractivity contribution in [2.24, 2.45) is 10.9 Å². The summed E-state index contributed by atoms with van der Waals surface area (Å²) in [5.41, 5.74) is 1.26. The number of ether oxygens (including phenoxy) is 1. The number of guanidine groups is 1. The van der Waals surface area contributed by atoms with Gasteiger partial charge in [-0.25, -0.2) is 0 Å². The third-order valence-corrected chi connectivity index (χ3v) is 5.59. The highest BCUT2D eigenvalue weighted by atomic mass is 127. The van der Waals surface area contributed by atoms with Crippen molar-refractivity contribution in [2.75, 3.05) is 71.4 Å². The number of piperazine rings is 1. The summed E-state index contributed by atoms with van der Waals surface area (Å²) < 4.78 is 5.25. The molecule has 2 saturated heterocycles. The van der Waals surface area contributed by atoms with Crippen LogP contribution in [0.15, 0.2) is 29.3 Å². The van der Waals surface area contributed by atoms with Gasteiger partial charge in [0.2, 0.25) is 0 Å². The monoisotopic (exact) mass is 487 g/mol. The molecular formula is C20H34IN5O. The fraction of sp³-hybridized carbons (Fsp3) is 0.650. The summed E-state index contributed by atoms with van der Waals surface area (Å²) in [5.74, 6) is 2.70. The number of anilines is 1. The lowest BCUT2D eigenvalue weighted by atomic mass is 10.1. The van der Waals surface area contributed by atoms with Gasteiger partial charge in [0.1, 0.15) is 5.75 Å². The zero-order chi connectivity index (χ0) is 18.4. The molecule has 1 atom stereocenters. The van der Waals surface area contributed by atoms with E-state index >= 15 is 0 Å². The standard InChI is InChI=1S/C20H33N5O.HI/c1-4-23-10-9-17(16-23)15-22-20(21-2)25-13-11-24(12-14-25)18-5-7-19(26-3)8-6-18;/h5-8,17H,4,9-16H2,1-3H3,(H,21,22);1H. The normalized spacial score (nSPS) is 21.1. The van der Waals surface area contributed by atoms with Gasteiger partial charge >= 0.3 is 0 Å². The number of halogens is 1. The SMILES string of the molecule is CCN1CCC(CNC(=NC)N2CCN(c3ccc(OC)cc3)CC2)C1.I. The molecule has 6 nitrogen and oxygen atoms in total. The maximum Gasteiger partial charge on any atom is 0.193 e. The first-order valence-corrected chi connectivity index (χ1v) is 9.80. The van der Waals surface area contributed by atoms with Crippen LogP contribution in [0.2, 0.25) is 0 Å². The van der Waals surface area contributed by atoms with Crippen LogP contribution in [-0.4, -0.2) is 82.3 Å². The highest BCUT2D eigenvalue weighted by molar-refractivity contribution is 14.0. The van der Waals surface area contributed by atoms with E-state index in [-0.39, 0.29) is 24.0 Å². The van der Waals surface area contributed by atoms with Gasteiger partial charge in [0.15, 0.2) is 5.96 Å². The molecular weight excluding hydrogens is 453 g/mol. The van der Waals surface area contributed by atoms with E-state index in [1.807, 2.05) is 19.2 Å². The summed E-state index contributed by atoms with van der Waals surface area (Å²) in [6.45, 7) is 10.9. The largest absolute Gasteiger partial charge is 0.497 e. The van der Waals surface area contributed by atoms with Gasteiger partial charge in [-0.3, -0.25) is 4.99 Å². The zero-order valence-corrected chi connectivity index (χ0v) is 19.2. The third kappa shape index (κ3) is 5.88. The number of benzene rings is 1. The van der Waals surface area contributed by atoms with E-state index in [2.05, 4.69) is 44.1 Å². The summed E-state index contributed by atoms with van der Waals surface area (Å²) in [6, 6.07) is 8.34. The quantitative estimate of drug-likeness (QED) is 0.393. The summed E-state index contributed by atoms with van der Waals surface area (Å²) >= 11 is 0. The van der Waals surface area contributed by atoms with Gasteiger partial charge in [-0.1, -0.05) is 6.92 Å². The molecule has 152 valence electrons. The number of hydrogen-bond donors (Lipinski definition) is 1. The van der Waals surface area contributed by atoms with Gasteiger partial charge in [0.25, 0.3) is 0 Å². The Morgan fingerprint density at radius 1 is 1.15 bits per heavy atom. The molecule has 0 saturated carbocycles. The molecule has 0 amide bonds. The van der Waals surface area contributed by atoms with Gasteiger partial charge < -0.3 is 24.8 Å². The average molecular weight is 487 g/mol. The van der Waals surface area contributed by atoms with Gasteiger partial charge in [-0.05, 0) is 49.7 Å². The van der Waals surface area contributed by atoms with Gasteiger partial charge in [-0.2, -0.15) is 0 Å². The third-order valence-electron chi connectivity index (χ3n) is 5.59. The topological polar surface area (TPSA) is 43.3 Å². The van der Waals surface area contributed by atoms with Crippen LogP contribution in [0.3, 0.4) is 0 Å². The Kier molecular flexibility index (Phi) is 8.95. The fourth-order valence-corrected chi connectivity index (χ4v) is 3.90. The first-order chi connectivity index (χ1) is 12.7. The molecule has 2 aliphatic heterocycles. The van der Waals surface area contributed by atoms with E-state index in [0.717, 1.165) is 50.4 Å². The maximum absolute atomic E-state index is 5.25. The lowest BCUT2D eigenvalue weighted by molar-refractivity contribution is 0.337. The minimum atomic E-state index is 0. The molecule has 1 N–H and O–H groups in total. The number of methoxy groups -OCH3 is 1. The smallest absolute Gasteiger partial charge is 0.193 e. The van der Waals surface area contributed by atoms with Crippen LogP contribution in [0.1, 0.15) is 13.3 Å². The average Bonchev–Trinajstić information content (AvgIpc) is 3.17. The lowest BCUT2D eigenvalue weighted by Gasteiger charge is -2.38. The molecule has 0 radical (unpaired) electrons. The van der Waals surface area contributed by atoms with E-state index in [1.165, 1.54) is 31.7 Å². The molecule has 1 aromatic carbocycles. The second-order valence-corrected chi connectivity index (χ2v) is 7.15. The molecule has 0 spiro atoms. The molecule has 1 aromatic rings. The van der Waals surface area contributed by atoms with Gasteiger partial charge in [0.05, 0.1) is 7.11 Å². The van der Waals surface area contributed by atoms with Gasteiger partial charge in [0, 0.05) is 52.0 Å². The van der Waals surface area contributed by atoms with Crippen LogP contribution < -0.4 is 15.0 Å². The second-order valence-electron chi connectivity index (χ2n) is 7.15. The number of nitrogens with one attached hydrogen (secondary N) is 1. The van der Waals surface area contributed by atoms with E-state index in [4.69, 9.17) is 4.74 Å². The number of aliphatic imine (C=N–C) groups is 1. The van der Waals surface area contributed by atoms with Crippen molar-refractivity contribution in [1.82, 2.24) is 15.1 Å². The van der Waals surface area contributed by atoms with Crippen molar-refractivity contribution in [2.45, 2.75) is 13.3 Å². The Morgan fingerprint density at radius 3 is 2.41 bits per heavy atom. The first-order valence-electron chi connectivity index (χ1n) is 9.80. The number of hydrogen-bond acceptors (Lipinski definition) is 4. The van der Waals surface area contributed by atoms with Crippen molar-refractivity contribution < 1.29 is 4.74 Å². The van der Waals surface area contributed by atoms with Crippen molar-refractivity contribution in [1.29, 1.82) is 0 Å². The van der Waals surface area contributed by atoms with Crippen molar-refractivity contribution in [3.63, 3.8) is 0 Å². The summed E-state index contributed by atoms with van der Waals surface area (Å²) in [4.78, 5) is 11.9. The van der Waals surface area contributed by atoms with Crippen LogP contribution in [-0.2, 0) is 0 Å². The van der Waals surface area contributed by atoms with E-state index < -0.39 is 0 Å². The molecule has 2 heterocycles. The highest BCUT2D eigenvalue weighted by Crippen LogP contribution is 2.20. The molecule has 0 aliphatic carbocycles. The summed E-state index contributed by atoms with van der Waals surface area (Å²) in [7, 11) is 3.60. The Balaban J connectivity index is 0.00000261. The molecule has 27 heavy (non-hydrogen) atoms. The van der Waals surface area contributed by atoms with Gasteiger partial charge in [-0.15, -0.1) is 24.0 Å². The van der Waals surface area contributed by atoms with E-state index in [1.54, 1.807) is 7.11 Å². The predicted molar refractivity (Wildman–Crippen MR) is 124 cm³/mol. The highest BCUT2D eigenvalue weighted by Gasteiger charge is 2.23. The Bertz CT molecular complexity index is 587. The minimum Gasteiger partial charge on any atom is -0.497 e. The number of likely N-dealkylation sites (tertiary alicyclic amines) is 1. The fourth-order valence-electron chi connectivity index (χ4n) is 3.90. The van der Waals surface area contributed by atoms with Crippen molar-refractivity contribution in [3.8, 4) is 5.75 Å². The zero-order valence-electron chi connectivity index (χ0n) is 16.9. The first kappa shape index (κ1) is 22.1. The second kappa shape index (κ2) is 10.9.